The quantitative estimate of drug-likeness (QED) is 0.664. The Morgan fingerprint density at radius 2 is 1.83 bits per heavy atom. The second-order valence-electron chi connectivity index (χ2n) is 4.24. The van der Waals surface area contributed by atoms with Gasteiger partial charge in [0.1, 0.15) is 12.2 Å². The van der Waals surface area contributed by atoms with Gasteiger partial charge in [0.05, 0.1) is 0 Å². The van der Waals surface area contributed by atoms with E-state index in [4.69, 9.17) is 11.5 Å². The summed E-state index contributed by atoms with van der Waals surface area (Å²) in [5, 5.41) is 2.19. The van der Waals surface area contributed by atoms with Crippen molar-refractivity contribution in [2.75, 3.05) is 6.54 Å². The predicted octanol–water partition coefficient (Wildman–Crippen LogP) is -0.607. The monoisotopic (exact) mass is 248 g/mol. The molecule has 1 aliphatic rings. The molecule has 2 unspecified atom stereocenters. The van der Waals surface area contributed by atoms with Crippen molar-refractivity contribution in [3.63, 3.8) is 0 Å². The van der Waals surface area contributed by atoms with E-state index in [1.165, 1.54) is 4.90 Å². The Bertz CT molecular complexity index is 449. The van der Waals surface area contributed by atoms with Gasteiger partial charge in [-0.1, -0.05) is 30.3 Å². The summed E-state index contributed by atoms with van der Waals surface area (Å²) in [4.78, 5) is 24.3. The molecule has 1 aromatic rings. The molecule has 0 radical (unpaired) electrons. The lowest BCUT2D eigenvalue weighted by atomic mass is 10.1. The Kier molecular flexibility index (Phi) is 3.59. The van der Waals surface area contributed by atoms with Gasteiger partial charge in [0.15, 0.2) is 0 Å². The predicted molar refractivity (Wildman–Crippen MR) is 66.3 cm³/mol. The minimum absolute atomic E-state index is 0.429. The lowest BCUT2D eigenvalue weighted by Crippen LogP contribution is -2.69. The number of imide groups is 1. The molecule has 0 aromatic heterocycles. The molecular formula is C12H16N4O2. The number of nitrogens with zero attached hydrogens (tertiary/aromatic N) is 1. The molecular weight excluding hydrogens is 232 g/mol. The van der Waals surface area contributed by atoms with Crippen LogP contribution in [0, 0.1) is 0 Å². The first-order chi connectivity index (χ1) is 8.59. The fourth-order valence-electron chi connectivity index (χ4n) is 1.89. The Morgan fingerprint density at radius 1 is 1.17 bits per heavy atom. The first-order valence-corrected chi connectivity index (χ1v) is 5.76. The van der Waals surface area contributed by atoms with Crippen molar-refractivity contribution in [1.82, 2.24) is 10.2 Å². The van der Waals surface area contributed by atoms with Gasteiger partial charge in [-0.05, 0) is 12.0 Å². The van der Waals surface area contributed by atoms with Crippen LogP contribution in [-0.4, -0.2) is 35.6 Å². The second kappa shape index (κ2) is 5.16. The van der Waals surface area contributed by atoms with E-state index in [-0.39, 0.29) is 0 Å². The summed E-state index contributed by atoms with van der Waals surface area (Å²) < 4.78 is 0. The molecule has 2 atom stereocenters. The summed E-state index contributed by atoms with van der Waals surface area (Å²) in [6, 6.07) is 8.37. The molecule has 0 saturated carbocycles. The number of nitrogens with one attached hydrogen (secondary N) is 1. The highest BCUT2D eigenvalue weighted by Crippen LogP contribution is 2.08. The van der Waals surface area contributed by atoms with Gasteiger partial charge in [-0.2, -0.15) is 0 Å². The van der Waals surface area contributed by atoms with E-state index in [0.717, 1.165) is 5.56 Å². The number of amides is 3. The van der Waals surface area contributed by atoms with Crippen molar-refractivity contribution in [1.29, 1.82) is 0 Å². The molecule has 5 N–H and O–H groups in total. The van der Waals surface area contributed by atoms with Gasteiger partial charge in [-0.3, -0.25) is 10.1 Å². The highest BCUT2D eigenvalue weighted by molar-refractivity contribution is 6.00. The maximum absolute atomic E-state index is 11.6. The van der Waals surface area contributed by atoms with Crippen LogP contribution in [0.5, 0.6) is 0 Å². The Balaban J connectivity index is 2.00. The minimum atomic E-state index is -0.876. The highest BCUT2D eigenvalue weighted by atomic mass is 16.2. The molecule has 0 spiro atoms. The Hall–Kier alpha value is -1.92. The van der Waals surface area contributed by atoms with Crippen LogP contribution in [0.15, 0.2) is 30.3 Å². The third-order valence-corrected chi connectivity index (χ3v) is 3.01. The third kappa shape index (κ3) is 2.49. The third-order valence-electron chi connectivity index (χ3n) is 3.01. The van der Waals surface area contributed by atoms with Crippen LogP contribution < -0.4 is 16.8 Å². The standard InChI is InChI=1S/C12H16N4O2/c13-9-10(14)16(12(18)15-11(9)17)7-6-8-4-2-1-3-5-8/h1-5,9-10H,6-7,13-14H2,(H,15,17,18). The van der Waals surface area contributed by atoms with Crippen LogP contribution in [0.2, 0.25) is 0 Å². The maximum atomic E-state index is 11.6. The molecule has 1 aliphatic heterocycles. The van der Waals surface area contributed by atoms with Crippen molar-refractivity contribution in [2.24, 2.45) is 11.5 Å². The first-order valence-electron chi connectivity index (χ1n) is 5.76. The van der Waals surface area contributed by atoms with Crippen molar-refractivity contribution in [2.45, 2.75) is 18.6 Å². The fourth-order valence-corrected chi connectivity index (χ4v) is 1.89. The molecule has 1 aromatic carbocycles. The SMILES string of the molecule is NC1C(=O)NC(=O)N(CCc2ccccc2)C1N. The van der Waals surface area contributed by atoms with Gasteiger partial charge in [-0.25, -0.2) is 4.79 Å². The molecule has 3 amide bonds. The van der Waals surface area contributed by atoms with Gasteiger partial charge >= 0.3 is 6.03 Å². The van der Waals surface area contributed by atoms with Crippen LogP contribution in [0.25, 0.3) is 0 Å². The van der Waals surface area contributed by atoms with E-state index in [0.29, 0.717) is 13.0 Å². The number of carbonyl (C=O) groups is 2. The molecule has 2 rings (SSSR count). The van der Waals surface area contributed by atoms with Crippen molar-refractivity contribution >= 4 is 11.9 Å². The van der Waals surface area contributed by atoms with E-state index < -0.39 is 24.1 Å². The molecule has 0 aliphatic carbocycles. The van der Waals surface area contributed by atoms with Crippen LogP contribution in [0.3, 0.4) is 0 Å². The molecule has 0 bridgehead atoms. The van der Waals surface area contributed by atoms with E-state index in [1.807, 2.05) is 30.3 Å². The lowest BCUT2D eigenvalue weighted by Gasteiger charge is -2.36. The van der Waals surface area contributed by atoms with Crippen molar-refractivity contribution in [3.05, 3.63) is 35.9 Å². The maximum Gasteiger partial charge on any atom is 0.325 e. The average molecular weight is 248 g/mol. The van der Waals surface area contributed by atoms with E-state index in [2.05, 4.69) is 5.32 Å². The van der Waals surface area contributed by atoms with E-state index >= 15 is 0 Å². The molecule has 18 heavy (non-hydrogen) atoms. The van der Waals surface area contributed by atoms with Crippen LogP contribution in [0.4, 0.5) is 4.79 Å². The summed E-state index contributed by atoms with van der Waals surface area (Å²) in [5.41, 5.74) is 12.5. The Morgan fingerprint density at radius 3 is 2.50 bits per heavy atom. The summed E-state index contributed by atoms with van der Waals surface area (Å²) in [6.45, 7) is 0.429. The molecule has 1 heterocycles. The number of urea groups is 1. The van der Waals surface area contributed by atoms with E-state index in [9.17, 15) is 9.59 Å². The summed E-state index contributed by atoms with van der Waals surface area (Å²) >= 11 is 0. The van der Waals surface area contributed by atoms with Crippen LogP contribution >= 0.6 is 0 Å². The normalized spacial score (nSPS) is 24.0. The van der Waals surface area contributed by atoms with Gasteiger partial charge in [0, 0.05) is 6.54 Å². The number of hydrogen-bond acceptors (Lipinski definition) is 4. The minimum Gasteiger partial charge on any atom is -0.317 e. The molecule has 96 valence electrons. The topological polar surface area (TPSA) is 101 Å². The van der Waals surface area contributed by atoms with Crippen molar-refractivity contribution < 1.29 is 9.59 Å². The number of nitrogens with two attached hydrogens (primary N) is 2. The average Bonchev–Trinajstić information content (AvgIpc) is 2.37. The zero-order valence-electron chi connectivity index (χ0n) is 9.87. The number of hydrogen-bond donors (Lipinski definition) is 3. The number of carbonyl (C=O) groups excluding carboxylic acids is 2. The fraction of sp³-hybridized carbons (Fsp3) is 0.333. The zero-order valence-corrected chi connectivity index (χ0v) is 9.87. The van der Waals surface area contributed by atoms with Crippen molar-refractivity contribution in [3.8, 4) is 0 Å². The van der Waals surface area contributed by atoms with Gasteiger partial charge in [0.25, 0.3) is 0 Å². The highest BCUT2D eigenvalue weighted by Gasteiger charge is 2.36. The summed E-state index contributed by atoms with van der Waals surface area (Å²) in [6.07, 6.45) is -0.0990. The van der Waals surface area contributed by atoms with Crippen LogP contribution in [-0.2, 0) is 11.2 Å². The summed E-state index contributed by atoms with van der Waals surface area (Å²) in [5.74, 6) is -0.525. The van der Waals surface area contributed by atoms with Crippen LogP contribution in [0.1, 0.15) is 5.56 Å². The number of rotatable bonds is 3. The van der Waals surface area contributed by atoms with Gasteiger partial charge in [-0.15, -0.1) is 0 Å². The Labute approximate surface area is 105 Å². The molecule has 6 nitrogen and oxygen atoms in total. The molecule has 1 saturated heterocycles. The van der Waals surface area contributed by atoms with Gasteiger partial charge in [0.2, 0.25) is 5.91 Å². The first kappa shape index (κ1) is 12.5. The van der Waals surface area contributed by atoms with E-state index in [1.54, 1.807) is 0 Å². The summed E-state index contributed by atoms with van der Waals surface area (Å²) in [7, 11) is 0. The largest absolute Gasteiger partial charge is 0.325 e. The zero-order chi connectivity index (χ0) is 13.1. The second-order valence-corrected chi connectivity index (χ2v) is 4.24. The smallest absolute Gasteiger partial charge is 0.317 e. The lowest BCUT2D eigenvalue weighted by molar-refractivity contribution is -0.124. The van der Waals surface area contributed by atoms with Gasteiger partial charge < -0.3 is 16.4 Å². The number of benzene rings is 1. The molecule has 6 heteroatoms. The molecule has 1 fully saturated rings.